The minimum atomic E-state index is -0.983. The second-order valence-electron chi connectivity index (χ2n) is 4.74. The van der Waals surface area contributed by atoms with Crippen molar-refractivity contribution in [3.8, 4) is 11.1 Å². The number of carbonyl (C=O) groups is 2. The van der Waals surface area contributed by atoms with E-state index in [-0.39, 0.29) is 11.3 Å². The van der Waals surface area contributed by atoms with Crippen LogP contribution in [-0.4, -0.2) is 16.9 Å². The molecule has 0 heterocycles. The molecular weight excluding hydrogens is 264 g/mol. The van der Waals surface area contributed by atoms with Crippen LogP contribution in [0.25, 0.3) is 11.1 Å². The number of benzene rings is 1. The highest BCUT2D eigenvalue weighted by Crippen LogP contribution is 2.29. The molecule has 0 amide bonds. The molecule has 1 aromatic rings. The molecule has 3 nitrogen and oxygen atoms in total. The van der Waals surface area contributed by atoms with E-state index in [1.807, 2.05) is 24.3 Å². The van der Waals surface area contributed by atoms with E-state index >= 15 is 0 Å². The molecule has 0 radical (unpaired) electrons. The van der Waals surface area contributed by atoms with Gasteiger partial charge in [-0.15, -0.1) is 0 Å². The average molecular weight is 276 g/mol. The van der Waals surface area contributed by atoms with Gasteiger partial charge in [0.15, 0.2) is 5.78 Å². The Balaban J connectivity index is 2.09. The molecule has 0 atom stereocenters. The summed E-state index contributed by atoms with van der Waals surface area (Å²) in [6.45, 7) is 0. The monoisotopic (exact) mass is 276 g/mol. The molecule has 1 aromatic carbocycles. The van der Waals surface area contributed by atoms with Crippen LogP contribution in [0.3, 0.4) is 0 Å². The molecule has 102 valence electrons. The lowest BCUT2D eigenvalue weighted by atomic mass is 10.0. The van der Waals surface area contributed by atoms with E-state index in [0.717, 1.165) is 11.1 Å². The Bertz CT molecular complexity index is 791. The third-order valence-electron chi connectivity index (χ3n) is 3.43. The fraction of sp³-hybridized carbons (Fsp3) is 0. The minimum absolute atomic E-state index is 0.0614. The summed E-state index contributed by atoms with van der Waals surface area (Å²) >= 11 is 0. The maximum Gasteiger partial charge on any atom is 0.335 e. The summed E-state index contributed by atoms with van der Waals surface area (Å²) in [6, 6.07) is 19.1. The van der Waals surface area contributed by atoms with Crippen LogP contribution >= 0.6 is 0 Å². The number of hydrogen-bond acceptors (Lipinski definition) is 2. The number of carboxylic acid groups (broad SMARTS) is 1. The summed E-state index contributed by atoms with van der Waals surface area (Å²) in [7, 11) is 0. The van der Waals surface area contributed by atoms with Gasteiger partial charge in [-0.25, -0.2) is 4.79 Å². The van der Waals surface area contributed by atoms with Crippen molar-refractivity contribution in [1.29, 1.82) is 0 Å². The summed E-state index contributed by atoms with van der Waals surface area (Å²) in [4.78, 5) is 23.5. The minimum Gasteiger partial charge on any atom is -0.478 e. The number of carbonyl (C=O) groups excluding carboxylic acids is 1. The zero-order valence-corrected chi connectivity index (χ0v) is 11.1. The molecule has 0 aliphatic heterocycles. The lowest BCUT2D eigenvalue weighted by Crippen LogP contribution is -2.00. The van der Waals surface area contributed by atoms with Gasteiger partial charge in [0, 0.05) is 11.1 Å². The lowest BCUT2D eigenvalue weighted by molar-refractivity contribution is 0.0697. The first kappa shape index (κ1) is 13.1. The summed E-state index contributed by atoms with van der Waals surface area (Å²) in [5.74, 6) is -1.04. The van der Waals surface area contributed by atoms with Crippen molar-refractivity contribution >= 4 is 11.8 Å². The van der Waals surface area contributed by atoms with Crippen molar-refractivity contribution in [2.75, 3.05) is 0 Å². The second kappa shape index (κ2) is 5.21. The first-order chi connectivity index (χ1) is 10.2. The van der Waals surface area contributed by atoms with Crippen molar-refractivity contribution < 1.29 is 14.7 Å². The molecule has 21 heavy (non-hydrogen) atoms. The highest BCUT2D eigenvalue weighted by atomic mass is 16.4. The molecule has 0 fully saturated rings. The maximum atomic E-state index is 12.5. The van der Waals surface area contributed by atoms with E-state index in [1.165, 1.54) is 6.07 Å². The predicted octanol–water partition coefficient (Wildman–Crippen LogP) is 3.72. The van der Waals surface area contributed by atoms with Crippen LogP contribution in [0, 0.1) is 0 Å². The zero-order valence-electron chi connectivity index (χ0n) is 11.1. The van der Waals surface area contributed by atoms with Crippen LogP contribution in [0.4, 0.5) is 0 Å². The van der Waals surface area contributed by atoms with Gasteiger partial charge in [0.05, 0.1) is 5.56 Å². The number of aromatic carboxylic acids is 1. The number of fused-ring (bicyclic) bond motifs is 1. The number of hydrogen-bond donors (Lipinski definition) is 1. The molecule has 2 aliphatic carbocycles. The third kappa shape index (κ3) is 2.41. The molecule has 1 N–H and O–H groups in total. The maximum absolute atomic E-state index is 12.5. The fourth-order valence-electron chi connectivity index (χ4n) is 2.33. The van der Waals surface area contributed by atoms with Gasteiger partial charge in [0.1, 0.15) is 0 Å². The summed E-state index contributed by atoms with van der Waals surface area (Å²) in [6.07, 6.45) is 0. The van der Waals surface area contributed by atoms with Gasteiger partial charge in [-0.3, -0.25) is 4.79 Å². The smallest absolute Gasteiger partial charge is 0.335 e. The molecule has 3 heteroatoms. The Morgan fingerprint density at radius 3 is 2.10 bits per heavy atom. The molecule has 3 rings (SSSR count). The molecular formula is C18H12O3. The molecule has 0 unspecified atom stereocenters. The normalized spacial score (nSPS) is 10.5. The molecule has 0 saturated heterocycles. The van der Waals surface area contributed by atoms with Crippen molar-refractivity contribution in [2.24, 2.45) is 0 Å². The van der Waals surface area contributed by atoms with Crippen LogP contribution in [0.1, 0.15) is 26.3 Å². The van der Waals surface area contributed by atoms with Crippen LogP contribution in [0.2, 0.25) is 0 Å². The Hall–Kier alpha value is -2.94. The van der Waals surface area contributed by atoms with Gasteiger partial charge in [-0.1, -0.05) is 48.5 Å². The summed E-state index contributed by atoms with van der Waals surface area (Å²) in [5.41, 5.74) is 3.01. The van der Waals surface area contributed by atoms with Gasteiger partial charge in [-0.05, 0) is 29.3 Å². The number of rotatable bonds is 3. The van der Waals surface area contributed by atoms with Gasteiger partial charge < -0.3 is 5.11 Å². The zero-order chi connectivity index (χ0) is 14.8. The average Bonchev–Trinajstić information content (AvgIpc) is 2.78. The second-order valence-corrected chi connectivity index (χ2v) is 4.74. The molecule has 2 aliphatic rings. The number of carboxylic acids is 1. The summed E-state index contributed by atoms with van der Waals surface area (Å²) in [5, 5.41) is 9.03. The summed E-state index contributed by atoms with van der Waals surface area (Å²) < 4.78 is 0. The van der Waals surface area contributed by atoms with Gasteiger partial charge in [0.25, 0.3) is 0 Å². The van der Waals surface area contributed by atoms with E-state index < -0.39 is 5.97 Å². The van der Waals surface area contributed by atoms with E-state index in [0.29, 0.717) is 11.1 Å². The van der Waals surface area contributed by atoms with Crippen molar-refractivity contribution in [2.45, 2.75) is 0 Å². The fourth-order valence-corrected chi connectivity index (χ4v) is 2.33. The standard InChI is InChI=1S/C18H12O3/c19-17(13-4-2-1-3-5-13)16-11-8-12-6-7-14(18(20)21)9-10-15(12)16/h1-11H,(H,20,21). The molecule has 0 saturated carbocycles. The Morgan fingerprint density at radius 2 is 1.38 bits per heavy atom. The molecule has 0 spiro atoms. The van der Waals surface area contributed by atoms with Crippen LogP contribution in [0.15, 0.2) is 66.7 Å². The molecule has 0 aromatic heterocycles. The van der Waals surface area contributed by atoms with E-state index in [1.54, 1.807) is 36.4 Å². The highest BCUT2D eigenvalue weighted by Gasteiger charge is 2.16. The van der Waals surface area contributed by atoms with E-state index in [2.05, 4.69) is 0 Å². The van der Waals surface area contributed by atoms with Crippen molar-refractivity contribution in [1.82, 2.24) is 0 Å². The van der Waals surface area contributed by atoms with Gasteiger partial charge in [0.2, 0.25) is 0 Å². The largest absolute Gasteiger partial charge is 0.478 e. The first-order valence-electron chi connectivity index (χ1n) is 6.52. The lowest BCUT2D eigenvalue weighted by Gasteiger charge is -2.01. The van der Waals surface area contributed by atoms with E-state index in [4.69, 9.17) is 5.11 Å². The topological polar surface area (TPSA) is 54.4 Å². The Morgan fingerprint density at radius 1 is 0.714 bits per heavy atom. The highest BCUT2D eigenvalue weighted by molar-refractivity contribution is 6.13. The predicted molar refractivity (Wildman–Crippen MR) is 79.9 cm³/mol. The number of ketones is 1. The van der Waals surface area contributed by atoms with Crippen LogP contribution in [-0.2, 0) is 0 Å². The molecule has 0 bridgehead atoms. The first-order valence-corrected chi connectivity index (χ1v) is 6.52. The van der Waals surface area contributed by atoms with E-state index in [9.17, 15) is 9.59 Å². The van der Waals surface area contributed by atoms with Crippen molar-refractivity contribution in [3.63, 3.8) is 0 Å². The quantitative estimate of drug-likeness (QED) is 0.742. The Kier molecular flexibility index (Phi) is 3.24. The van der Waals surface area contributed by atoms with Crippen LogP contribution < -0.4 is 0 Å². The van der Waals surface area contributed by atoms with Crippen molar-refractivity contribution in [3.05, 3.63) is 83.4 Å². The SMILES string of the molecule is O=C(O)c1ccc2ccc(C(=O)c3ccccc3)c-2cc1. The Labute approximate surface area is 121 Å². The van der Waals surface area contributed by atoms with Gasteiger partial charge >= 0.3 is 5.97 Å². The third-order valence-corrected chi connectivity index (χ3v) is 3.43. The van der Waals surface area contributed by atoms with Crippen LogP contribution in [0.5, 0.6) is 0 Å². The van der Waals surface area contributed by atoms with Gasteiger partial charge in [-0.2, -0.15) is 0 Å².